The van der Waals surface area contributed by atoms with Gasteiger partial charge in [-0.15, -0.1) is 26.3 Å². The summed E-state index contributed by atoms with van der Waals surface area (Å²) in [6, 6.07) is 9.63. The lowest BCUT2D eigenvalue weighted by Crippen LogP contribution is -2.18. The minimum atomic E-state index is -4.76. The summed E-state index contributed by atoms with van der Waals surface area (Å²) in [5.74, 6) is -1.80. The second kappa shape index (κ2) is 9.71. The van der Waals surface area contributed by atoms with Crippen LogP contribution in [0.15, 0.2) is 42.5 Å². The van der Waals surface area contributed by atoms with Crippen LogP contribution in [-0.2, 0) is 17.6 Å². The zero-order valence-corrected chi connectivity index (χ0v) is 15.7. The Balaban J connectivity index is 0.000000220. The van der Waals surface area contributed by atoms with Gasteiger partial charge in [0.15, 0.2) is 5.78 Å². The molecule has 0 amide bonds. The number of para-hydroxylation sites is 1. The smallest absolute Gasteiger partial charge is 0.481 e. The highest BCUT2D eigenvalue weighted by Crippen LogP contribution is 2.33. The highest BCUT2D eigenvalue weighted by Gasteiger charge is 2.34. The molecule has 0 saturated carbocycles. The van der Waals surface area contributed by atoms with Gasteiger partial charge in [0.2, 0.25) is 0 Å². The number of carboxylic acids is 1. The van der Waals surface area contributed by atoms with E-state index in [9.17, 15) is 35.9 Å². The molecule has 11 heteroatoms. The molecular weight excluding hydrogens is 434 g/mol. The number of aryl methyl sites for hydroxylation is 1. The third kappa shape index (κ3) is 7.83. The summed E-state index contributed by atoms with van der Waals surface area (Å²) in [7, 11) is 0. The molecule has 1 aliphatic carbocycles. The fourth-order valence-corrected chi connectivity index (χ4v) is 2.85. The number of fused-ring (bicyclic) bond motifs is 1. The van der Waals surface area contributed by atoms with Crippen LogP contribution in [0.4, 0.5) is 26.3 Å². The molecule has 0 atom stereocenters. The first-order valence-electron chi connectivity index (χ1n) is 8.82. The van der Waals surface area contributed by atoms with Crippen molar-refractivity contribution in [2.45, 2.75) is 38.4 Å². The second-order valence-electron chi connectivity index (χ2n) is 6.30. The number of Topliss-reactive ketones (excluding diaryl/α,β-unsaturated/α-hetero) is 1. The first-order chi connectivity index (χ1) is 14.4. The fourth-order valence-electron chi connectivity index (χ4n) is 2.85. The topological polar surface area (TPSA) is 72.8 Å². The Bertz CT molecular complexity index is 936. The van der Waals surface area contributed by atoms with Crippen molar-refractivity contribution in [3.05, 3.63) is 59.2 Å². The largest absolute Gasteiger partial charge is 0.573 e. The van der Waals surface area contributed by atoms with E-state index in [0.29, 0.717) is 17.5 Å². The van der Waals surface area contributed by atoms with Crippen molar-refractivity contribution >= 4 is 11.8 Å². The number of hydrogen-bond acceptors (Lipinski definition) is 4. The number of benzene rings is 2. The van der Waals surface area contributed by atoms with Crippen LogP contribution in [0.3, 0.4) is 0 Å². The second-order valence-corrected chi connectivity index (χ2v) is 6.30. The van der Waals surface area contributed by atoms with E-state index in [1.165, 1.54) is 36.4 Å². The fraction of sp³-hybridized carbons (Fsp3) is 0.300. The molecule has 0 unspecified atom stereocenters. The quantitative estimate of drug-likeness (QED) is 0.625. The van der Waals surface area contributed by atoms with Gasteiger partial charge < -0.3 is 14.6 Å². The van der Waals surface area contributed by atoms with Crippen molar-refractivity contribution in [1.82, 2.24) is 0 Å². The van der Waals surface area contributed by atoms with Gasteiger partial charge in [0.1, 0.15) is 11.5 Å². The Labute approximate surface area is 172 Å². The zero-order chi connectivity index (χ0) is 23.2. The van der Waals surface area contributed by atoms with E-state index in [1.54, 1.807) is 0 Å². The Hall–Kier alpha value is -3.24. The Kier molecular flexibility index (Phi) is 7.53. The van der Waals surface area contributed by atoms with Crippen LogP contribution in [0, 0.1) is 0 Å². The maximum Gasteiger partial charge on any atom is 0.573 e. The summed E-state index contributed by atoms with van der Waals surface area (Å²) in [5, 5.41) is 8.44. The molecule has 0 spiro atoms. The number of halogens is 6. The molecule has 168 valence electrons. The van der Waals surface area contributed by atoms with E-state index in [2.05, 4.69) is 9.47 Å². The molecule has 3 rings (SSSR count). The number of carboxylic acid groups (broad SMARTS) is 1. The predicted molar refractivity (Wildman–Crippen MR) is 94.9 cm³/mol. The van der Waals surface area contributed by atoms with Gasteiger partial charge in [0.05, 0.1) is 0 Å². The molecule has 2 aromatic rings. The van der Waals surface area contributed by atoms with E-state index in [0.717, 1.165) is 6.07 Å². The van der Waals surface area contributed by atoms with E-state index >= 15 is 0 Å². The SMILES string of the molecule is O=C(O)CCc1ccccc1OC(F)(F)F.O=C1CCc2c(OC(F)(F)F)cccc21. The molecule has 1 aliphatic rings. The van der Waals surface area contributed by atoms with Gasteiger partial charge in [0.25, 0.3) is 0 Å². The van der Waals surface area contributed by atoms with E-state index in [4.69, 9.17) is 5.11 Å². The monoisotopic (exact) mass is 450 g/mol. The van der Waals surface area contributed by atoms with Crippen molar-refractivity contribution < 1.29 is 50.5 Å². The Morgan fingerprint density at radius 1 is 0.871 bits per heavy atom. The number of carbonyl (C=O) groups excluding carboxylic acids is 1. The molecular formula is C20H16F6O5. The number of rotatable bonds is 5. The standard InChI is InChI=1S/C10H9F3O3.C10H7F3O2/c11-10(12,13)16-8-4-2-1-3-7(8)5-6-9(14)15;11-10(12,13)15-9-3-1-2-6-7(9)4-5-8(6)14/h1-4H,5-6H2,(H,14,15);1-3H,4-5H2. The summed E-state index contributed by atoms with van der Waals surface area (Å²) in [5.41, 5.74) is 0.929. The van der Waals surface area contributed by atoms with Gasteiger partial charge in [-0.3, -0.25) is 9.59 Å². The van der Waals surface area contributed by atoms with Gasteiger partial charge >= 0.3 is 18.7 Å². The van der Waals surface area contributed by atoms with Crippen LogP contribution in [0.1, 0.15) is 34.3 Å². The van der Waals surface area contributed by atoms with E-state index < -0.39 is 18.7 Å². The van der Waals surface area contributed by atoms with Crippen molar-refractivity contribution in [3.63, 3.8) is 0 Å². The number of carbonyl (C=O) groups is 2. The minimum Gasteiger partial charge on any atom is -0.481 e. The van der Waals surface area contributed by atoms with Crippen LogP contribution < -0.4 is 9.47 Å². The van der Waals surface area contributed by atoms with Crippen LogP contribution in [-0.4, -0.2) is 29.6 Å². The third-order valence-electron chi connectivity index (χ3n) is 4.07. The van der Waals surface area contributed by atoms with Gasteiger partial charge in [-0.25, -0.2) is 0 Å². The first-order valence-corrected chi connectivity index (χ1v) is 8.82. The maximum atomic E-state index is 12.0. The lowest BCUT2D eigenvalue weighted by Gasteiger charge is -2.12. The first kappa shape index (κ1) is 24.0. The Morgan fingerprint density at radius 3 is 2.06 bits per heavy atom. The number of alkyl halides is 6. The molecule has 0 bridgehead atoms. The Morgan fingerprint density at radius 2 is 1.45 bits per heavy atom. The van der Waals surface area contributed by atoms with E-state index in [1.807, 2.05) is 0 Å². The summed E-state index contributed by atoms with van der Waals surface area (Å²) >= 11 is 0. The summed E-state index contributed by atoms with van der Waals surface area (Å²) < 4.78 is 79.6. The van der Waals surface area contributed by atoms with Crippen molar-refractivity contribution in [1.29, 1.82) is 0 Å². The lowest BCUT2D eigenvalue weighted by molar-refractivity contribution is -0.275. The average molecular weight is 450 g/mol. The molecule has 2 aromatic carbocycles. The molecule has 0 fully saturated rings. The van der Waals surface area contributed by atoms with Crippen LogP contribution in [0.2, 0.25) is 0 Å². The van der Waals surface area contributed by atoms with Crippen molar-refractivity contribution in [2.24, 2.45) is 0 Å². The normalized spacial score (nSPS) is 13.2. The van der Waals surface area contributed by atoms with Crippen molar-refractivity contribution in [2.75, 3.05) is 0 Å². The van der Waals surface area contributed by atoms with Crippen molar-refractivity contribution in [3.8, 4) is 11.5 Å². The molecule has 31 heavy (non-hydrogen) atoms. The van der Waals surface area contributed by atoms with E-state index in [-0.39, 0.29) is 42.1 Å². The molecule has 0 aromatic heterocycles. The number of aliphatic carboxylic acids is 1. The minimum absolute atomic E-state index is 0.00157. The van der Waals surface area contributed by atoms with Crippen LogP contribution in [0.25, 0.3) is 0 Å². The van der Waals surface area contributed by atoms with Gasteiger partial charge in [0, 0.05) is 24.0 Å². The predicted octanol–water partition coefficient (Wildman–Crippen LogP) is 5.32. The number of ether oxygens (including phenoxy) is 2. The summed E-state index contributed by atoms with van der Waals surface area (Å²) in [4.78, 5) is 21.6. The molecule has 0 heterocycles. The highest BCUT2D eigenvalue weighted by atomic mass is 19.4. The van der Waals surface area contributed by atoms with Crippen LogP contribution in [0.5, 0.6) is 11.5 Å². The number of hydrogen-bond donors (Lipinski definition) is 1. The molecule has 0 saturated heterocycles. The number of ketones is 1. The molecule has 5 nitrogen and oxygen atoms in total. The molecule has 0 radical (unpaired) electrons. The van der Waals surface area contributed by atoms with Crippen LogP contribution >= 0.6 is 0 Å². The summed E-state index contributed by atoms with van der Waals surface area (Å²) in [6.07, 6.45) is -9.13. The molecule has 1 N–H and O–H groups in total. The lowest BCUT2D eigenvalue weighted by atomic mass is 10.1. The molecule has 0 aliphatic heterocycles. The maximum absolute atomic E-state index is 12.0. The highest BCUT2D eigenvalue weighted by molar-refractivity contribution is 6.01. The van der Waals surface area contributed by atoms with Gasteiger partial charge in [-0.05, 0) is 30.5 Å². The average Bonchev–Trinajstić information content (AvgIpc) is 3.01. The third-order valence-corrected chi connectivity index (χ3v) is 4.07. The summed E-state index contributed by atoms with van der Waals surface area (Å²) in [6.45, 7) is 0. The zero-order valence-electron chi connectivity index (χ0n) is 15.7. The van der Waals surface area contributed by atoms with Gasteiger partial charge in [-0.2, -0.15) is 0 Å². The van der Waals surface area contributed by atoms with Gasteiger partial charge in [-0.1, -0.05) is 30.3 Å².